The van der Waals surface area contributed by atoms with Crippen molar-refractivity contribution in [3.8, 4) is 5.88 Å². The van der Waals surface area contributed by atoms with Gasteiger partial charge in [-0.2, -0.15) is 13.2 Å². The molecule has 2 aliphatic heterocycles. The highest BCUT2D eigenvalue weighted by Crippen LogP contribution is 2.34. The summed E-state index contributed by atoms with van der Waals surface area (Å²) in [7, 11) is 0. The van der Waals surface area contributed by atoms with Gasteiger partial charge >= 0.3 is 18.3 Å². The molecular weight excluding hydrogens is 717 g/mol. The summed E-state index contributed by atoms with van der Waals surface area (Å²) < 4.78 is 52.9. The molecule has 1 N–H and O–H groups in total. The summed E-state index contributed by atoms with van der Waals surface area (Å²) in [5, 5.41) is 5.31. The van der Waals surface area contributed by atoms with Crippen LogP contribution in [-0.4, -0.2) is 90.9 Å². The lowest BCUT2D eigenvalue weighted by Gasteiger charge is -2.42. The van der Waals surface area contributed by atoms with E-state index in [9.17, 15) is 22.8 Å². The molecule has 4 aromatic rings. The van der Waals surface area contributed by atoms with E-state index in [-0.39, 0.29) is 36.4 Å². The van der Waals surface area contributed by atoms with E-state index >= 15 is 0 Å². The molecule has 18 heteroatoms. The number of anilines is 3. The summed E-state index contributed by atoms with van der Waals surface area (Å²) in [5.74, 6) is 1.10. The van der Waals surface area contributed by atoms with Gasteiger partial charge in [-0.3, -0.25) is 4.98 Å². The SMILES string of the molecule is CC(C)(C)OC(=O)N(C1CCN(c2nccnc2Cl)C1)N(C(=O)Nc1cccc(C(F)(F)F)c1)C1CCN(c2nccnc2OCc2ccncc2)C1. The topological polar surface area (TPSA) is 142 Å². The third-order valence-electron chi connectivity index (χ3n) is 8.49. The van der Waals surface area contributed by atoms with Crippen LogP contribution in [0.5, 0.6) is 5.88 Å². The molecule has 280 valence electrons. The van der Waals surface area contributed by atoms with Crippen molar-refractivity contribution in [2.45, 2.75) is 64.1 Å². The number of urea groups is 1. The number of pyridine rings is 1. The van der Waals surface area contributed by atoms with Gasteiger partial charge in [0, 0.05) is 69.0 Å². The average molecular weight is 755 g/mol. The first-order valence-corrected chi connectivity index (χ1v) is 17.2. The maximum absolute atomic E-state index is 14.5. The highest BCUT2D eigenvalue weighted by molar-refractivity contribution is 6.31. The normalized spacial score (nSPS) is 17.4. The van der Waals surface area contributed by atoms with E-state index in [0.717, 1.165) is 17.7 Å². The van der Waals surface area contributed by atoms with Gasteiger partial charge in [0.2, 0.25) is 0 Å². The van der Waals surface area contributed by atoms with Gasteiger partial charge < -0.3 is 24.6 Å². The predicted octanol–water partition coefficient (Wildman–Crippen LogP) is 6.46. The lowest BCUT2D eigenvalue weighted by Crippen LogP contribution is -2.61. The number of carbonyl (C=O) groups excluding carboxylic acids is 2. The molecule has 2 unspecified atom stereocenters. The molecule has 1 aromatic carbocycles. The number of hydrogen-bond acceptors (Lipinski definition) is 11. The maximum atomic E-state index is 14.5. The fraction of sp³-hybridized carbons (Fsp3) is 0.400. The molecule has 0 radical (unpaired) electrons. The number of benzene rings is 1. The van der Waals surface area contributed by atoms with Crippen molar-refractivity contribution < 1.29 is 32.2 Å². The lowest BCUT2D eigenvalue weighted by molar-refractivity contribution is -0.137. The molecule has 14 nitrogen and oxygen atoms in total. The van der Waals surface area contributed by atoms with Crippen LogP contribution in [0.2, 0.25) is 5.15 Å². The number of aromatic nitrogens is 5. The van der Waals surface area contributed by atoms with Crippen molar-refractivity contribution in [3.63, 3.8) is 0 Å². The van der Waals surface area contributed by atoms with E-state index in [1.807, 2.05) is 21.9 Å². The number of amides is 3. The summed E-state index contributed by atoms with van der Waals surface area (Å²) >= 11 is 6.37. The second-order valence-corrected chi connectivity index (χ2v) is 13.8. The van der Waals surface area contributed by atoms with Gasteiger partial charge in [-0.25, -0.2) is 39.5 Å². The highest BCUT2D eigenvalue weighted by Gasteiger charge is 2.45. The number of hydrogen-bond donors (Lipinski definition) is 1. The van der Waals surface area contributed by atoms with Gasteiger partial charge in [0.05, 0.1) is 17.6 Å². The molecule has 2 fully saturated rings. The van der Waals surface area contributed by atoms with Crippen LogP contribution in [0.15, 0.2) is 73.6 Å². The van der Waals surface area contributed by atoms with Crippen molar-refractivity contribution in [1.29, 1.82) is 0 Å². The van der Waals surface area contributed by atoms with Gasteiger partial charge in [0.15, 0.2) is 16.8 Å². The largest absolute Gasteiger partial charge is 0.470 e. The van der Waals surface area contributed by atoms with Crippen LogP contribution < -0.4 is 19.9 Å². The predicted molar refractivity (Wildman–Crippen MR) is 189 cm³/mol. The number of nitrogens with one attached hydrogen (secondary N) is 1. The zero-order chi connectivity index (χ0) is 37.8. The van der Waals surface area contributed by atoms with Crippen molar-refractivity contribution >= 4 is 41.0 Å². The molecule has 0 aliphatic carbocycles. The van der Waals surface area contributed by atoms with Crippen LogP contribution in [0.3, 0.4) is 0 Å². The molecular formula is C35H38ClF3N10O4. The first-order chi connectivity index (χ1) is 25.3. The Morgan fingerprint density at radius 2 is 1.49 bits per heavy atom. The molecule has 3 amide bonds. The number of alkyl halides is 3. The fourth-order valence-electron chi connectivity index (χ4n) is 6.18. The lowest BCUT2D eigenvalue weighted by atomic mass is 10.2. The quantitative estimate of drug-likeness (QED) is 0.198. The minimum atomic E-state index is -4.64. The number of hydrazine groups is 1. The summed E-state index contributed by atoms with van der Waals surface area (Å²) in [6.07, 6.45) is 4.59. The second-order valence-electron chi connectivity index (χ2n) is 13.5. The molecule has 0 bridgehead atoms. The van der Waals surface area contributed by atoms with Crippen LogP contribution in [-0.2, 0) is 17.5 Å². The van der Waals surface area contributed by atoms with Crippen LogP contribution in [0.4, 0.5) is 40.1 Å². The number of nitrogens with zero attached hydrogens (tertiary/aromatic N) is 9. The minimum absolute atomic E-state index is 0.103. The van der Waals surface area contributed by atoms with Crippen LogP contribution in [0.1, 0.15) is 44.7 Å². The van der Waals surface area contributed by atoms with E-state index in [1.54, 1.807) is 33.2 Å². The Labute approximate surface area is 308 Å². The number of rotatable bonds is 8. The Bertz CT molecular complexity index is 1900. The fourth-order valence-corrected chi connectivity index (χ4v) is 6.40. The van der Waals surface area contributed by atoms with Gasteiger partial charge in [-0.15, -0.1) is 0 Å². The summed E-state index contributed by atoms with van der Waals surface area (Å²) in [6.45, 7) is 6.50. The first-order valence-electron chi connectivity index (χ1n) is 16.9. The van der Waals surface area contributed by atoms with Crippen molar-refractivity contribution in [1.82, 2.24) is 34.9 Å². The monoisotopic (exact) mass is 754 g/mol. The molecule has 6 rings (SSSR count). The highest BCUT2D eigenvalue weighted by atomic mass is 35.5. The Hall–Kier alpha value is -5.45. The average Bonchev–Trinajstić information content (AvgIpc) is 3.80. The molecule has 3 aromatic heterocycles. The van der Waals surface area contributed by atoms with E-state index in [1.165, 1.54) is 46.9 Å². The summed E-state index contributed by atoms with van der Waals surface area (Å²) in [4.78, 5) is 53.9. The summed E-state index contributed by atoms with van der Waals surface area (Å²) in [5.41, 5.74) is -1.12. The van der Waals surface area contributed by atoms with Gasteiger partial charge in [0.1, 0.15) is 12.2 Å². The van der Waals surface area contributed by atoms with E-state index in [2.05, 4.69) is 30.2 Å². The maximum Gasteiger partial charge on any atom is 0.429 e. The summed E-state index contributed by atoms with van der Waals surface area (Å²) in [6, 6.07) is 5.79. The van der Waals surface area contributed by atoms with Crippen LogP contribution in [0, 0.1) is 0 Å². The number of ether oxygens (including phenoxy) is 2. The number of carbonyl (C=O) groups is 2. The molecule has 5 heterocycles. The van der Waals surface area contributed by atoms with E-state index in [0.29, 0.717) is 37.6 Å². The van der Waals surface area contributed by atoms with Crippen molar-refractivity contribution in [2.24, 2.45) is 0 Å². The van der Waals surface area contributed by atoms with Crippen LogP contribution in [0.25, 0.3) is 0 Å². The molecule has 2 aliphatic rings. The van der Waals surface area contributed by atoms with Crippen molar-refractivity contribution in [3.05, 3.63) is 89.9 Å². The molecule has 2 atom stereocenters. The van der Waals surface area contributed by atoms with E-state index in [4.69, 9.17) is 21.1 Å². The second kappa shape index (κ2) is 15.7. The van der Waals surface area contributed by atoms with E-state index < -0.39 is 41.5 Å². The van der Waals surface area contributed by atoms with Crippen LogP contribution >= 0.6 is 11.6 Å². The van der Waals surface area contributed by atoms with Gasteiger partial charge in [0.25, 0.3) is 5.88 Å². The molecule has 2 saturated heterocycles. The minimum Gasteiger partial charge on any atom is -0.470 e. The molecule has 53 heavy (non-hydrogen) atoms. The Kier molecular flexibility index (Phi) is 11.0. The zero-order valence-electron chi connectivity index (χ0n) is 29.2. The van der Waals surface area contributed by atoms with Gasteiger partial charge in [-0.05, 0) is 69.5 Å². The molecule has 0 saturated carbocycles. The third kappa shape index (κ3) is 9.14. The smallest absolute Gasteiger partial charge is 0.429 e. The Morgan fingerprint density at radius 3 is 2.15 bits per heavy atom. The third-order valence-corrected chi connectivity index (χ3v) is 8.75. The Balaban J connectivity index is 1.33. The first kappa shape index (κ1) is 37.3. The zero-order valence-corrected chi connectivity index (χ0v) is 30.0. The number of halogens is 4. The Morgan fingerprint density at radius 1 is 0.868 bits per heavy atom. The van der Waals surface area contributed by atoms with Gasteiger partial charge in [-0.1, -0.05) is 17.7 Å². The molecule has 0 spiro atoms. The van der Waals surface area contributed by atoms with Crippen molar-refractivity contribution in [2.75, 3.05) is 41.3 Å². The standard InChI is InChI=1S/C35H38ClF3N10O4/c1-34(2,3)53-33(51)49(27-10-17-46(21-27)29-28(36)41-13-14-42-29)48(32(50)45-25-6-4-5-24(19-25)35(37,38)39)26-9-18-47(20-26)30-31(44-16-15-43-30)52-22-23-7-11-40-12-8-23/h4-8,11-16,19,26-27H,9-10,17-18,20-22H2,1-3H3,(H,45,50).